The third kappa shape index (κ3) is 2.39. The van der Waals surface area contributed by atoms with E-state index in [9.17, 15) is 4.79 Å². The van der Waals surface area contributed by atoms with Crippen molar-refractivity contribution in [1.82, 2.24) is 4.98 Å². The van der Waals surface area contributed by atoms with Gasteiger partial charge in [-0.1, -0.05) is 6.92 Å². The molecular weight excluding hydrogens is 172 g/mol. The fourth-order valence-electron chi connectivity index (χ4n) is 0.837. The number of hydrogen-bond donors (Lipinski definition) is 1. The van der Waals surface area contributed by atoms with E-state index in [2.05, 4.69) is 4.98 Å². The maximum Gasteiger partial charge on any atom is 0.175 e. The van der Waals surface area contributed by atoms with E-state index in [1.54, 1.807) is 11.7 Å². The van der Waals surface area contributed by atoms with E-state index in [0.29, 0.717) is 11.3 Å². The van der Waals surface area contributed by atoms with Gasteiger partial charge in [0.05, 0.1) is 10.4 Å². The molecule has 0 fully saturated rings. The van der Waals surface area contributed by atoms with Gasteiger partial charge in [-0.15, -0.1) is 11.3 Å². The molecule has 2 N–H and O–H groups in total. The topological polar surface area (TPSA) is 56.0 Å². The lowest BCUT2D eigenvalue weighted by atomic mass is 10.1. The Morgan fingerprint density at radius 3 is 3.08 bits per heavy atom. The summed E-state index contributed by atoms with van der Waals surface area (Å²) in [6.07, 6.45) is 2.86. The first-order valence-corrected chi connectivity index (χ1v) is 4.79. The Hall–Kier alpha value is -0.740. The van der Waals surface area contributed by atoms with Crippen LogP contribution < -0.4 is 5.73 Å². The summed E-state index contributed by atoms with van der Waals surface area (Å²) in [5.74, 6) is 0.104. The van der Waals surface area contributed by atoms with Crippen molar-refractivity contribution >= 4 is 17.1 Å². The molecule has 0 aliphatic rings. The van der Waals surface area contributed by atoms with Crippen LogP contribution in [0.15, 0.2) is 11.7 Å². The smallest absolute Gasteiger partial charge is 0.175 e. The van der Waals surface area contributed by atoms with Crippen LogP contribution in [-0.2, 0) is 0 Å². The van der Waals surface area contributed by atoms with Crippen LogP contribution in [0.2, 0.25) is 0 Å². The number of carbonyl (C=O) groups is 1. The number of aromatic nitrogens is 1. The summed E-state index contributed by atoms with van der Waals surface area (Å²) >= 11 is 1.37. The van der Waals surface area contributed by atoms with Crippen molar-refractivity contribution in [3.8, 4) is 0 Å². The Kier molecular flexibility index (Phi) is 3.37. The lowest BCUT2D eigenvalue weighted by Crippen LogP contribution is -2.22. The Balaban J connectivity index is 2.50. The molecule has 0 bridgehead atoms. The zero-order valence-corrected chi connectivity index (χ0v) is 7.80. The number of nitrogens with two attached hydrogens (primary N) is 1. The fourth-order valence-corrected chi connectivity index (χ4v) is 1.41. The van der Waals surface area contributed by atoms with Gasteiger partial charge in [0.15, 0.2) is 5.78 Å². The maximum atomic E-state index is 11.4. The largest absolute Gasteiger partial charge is 0.327 e. The van der Waals surface area contributed by atoms with Crippen LogP contribution >= 0.6 is 11.3 Å². The van der Waals surface area contributed by atoms with Gasteiger partial charge < -0.3 is 5.73 Å². The molecule has 3 nitrogen and oxygen atoms in total. The highest BCUT2D eigenvalue weighted by molar-refractivity contribution is 7.11. The Bertz CT molecular complexity index is 246. The van der Waals surface area contributed by atoms with Gasteiger partial charge in [-0.3, -0.25) is 9.78 Å². The second kappa shape index (κ2) is 4.33. The average molecular weight is 184 g/mol. The molecule has 0 aliphatic carbocycles. The molecule has 12 heavy (non-hydrogen) atoms. The van der Waals surface area contributed by atoms with E-state index < -0.39 is 0 Å². The zero-order chi connectivity index (χ0) is 8.97. The summed E-state index contributed by atoms with van der Waals surface area (Å²) in [5, 5.41) is 0. The minimum Gasteiger partial charge on any atom is -0.327 e. The Morgan fingerprint density at radius 1 is 1.83 bits per heavy atom. The molecule has 0 radical (unpaired) electrons. The van der Waals surface area contributed by atoms with E-state index in [-0.39, 0.29) is 11.8 Å². The summed E-state index contributed by atoms with van der Waals surface area (Å²) in [6.45, 7) is 1.98. The summed E-state index contributed by atoms with van der Waals surface area (Å²) < 4.78 is 0. The molecule has 1 aromatic heterocycles. The predicted molar refractivity (Wildman–Crippen MR) is 49.3 cm³/mol. The van der Waals surface area contributed by atoms with Gasteiger partial charge in [0.2, 0.25) is 0 Å². The first-order chi connectivity index (χ1) is 5.74. The molecule has 0 amide bonds. The lowest BCUT2D eigenvalue weighted by Gasteiger charge is -2.04. The number of Topliss-reactive ketones (excluding diaryl/α,β-unsaturated/α-hetero) is 1. The van der Waals surface area contributed by atoms with Crippen molar-refractivity contribution in [2.45, 2.75) is 25.8 Å². The monoisotopic (exact) mass is 184 g/mol. The second-order valence-electron chi connectivity index (χ2n) is 2.66. The van der Waals surface area contributed by atoms with Crippen LogP contribution in [0.5, 0.6) is 0 Å². The fraction of sp³-hybridized carbons (Fsp3) is 0.500. The van der Waals surface area contributed by atoms with Crippen LogP contribution in [0.1, 0.15) is 29.4 Å². The normalized spacial score (nSPS) is 12.8. The van der Waals surface area contributed by atoms with E-state index >= 15 is 0 Å². The highest BCUT2D eigenvalue weighted by Gasteiger charge is 2.10. The van der Waals surface area contributed by atoms with Crippen molar-refractivity contribution in [2.24, 2.45) is 5.73 Å². The zero-order valence-electron chi connectivity index (χ0n) is 6.99. The average Bonchev–Trinajstić information content (AvgIpc) is 2.56. The predicted octanol–water partition coefficient (Wildman–Crippen LogP) is 1.45. The molecule has 66 valence electrons. The first kappa shape index (κ1) is 9.35. The molecule has 0 saturated heterocycles. The number of nitrogens with zero attached hydrogens (tertiary/aromatic N) is 1. The van der Waals surface area contributed by atoms with Gasteiger partial charge in [0, 0.05) is 18.7 Å². The van der Waals surface area contributed by atoms with Crippen LogP contribution in [0.3, 0.4) is 0 Å². The number of ketones is 1. The van der Waals surface area contributed by atoms with Gasteiger partial charge >= 0.3 is 0 Å². The van der Waals surface area contributed by atoms with Crippen molar-refractivity contribution in [2.75, 3.05) is 0 Å². The molecule has 1 aromatic rings. The summed E-state index contributed by atoms with van der Waals surface area (Å²) in [6, 6.07) is -0.0143. The van der Waals surface area contributed by atoms with Gasteiger partial charge in [0.1, 0.15) is 0 Å². The lowest BCUT2D eigenvalue weighted by molar-refractivity contribution is 0.0977. The summed E-state index contributed by atoms with van der Waals surface area (Å²) in [5.41, 5.74) is 7.30. The highest BCUT2D eigenvalue weighted by atomic mass is 32.1. The molecule has 1 atom stereocenters. The maximum absolute atomic E-state index is 11.4. The van der Waals surface area contributed by atoms with Crippen molar-refractivity contribution in [1.29, 1.82) is 0 Å². The Labute approximate surface area is 75.6 Å². The van der Waals surface area contributed by atoms with E-state index in [0.717, 1.165) is 6.42 Å². The minimum absolute atomic E-state index is 0.0143. The van der Waals surface area contributed by atoms with E-state index in [4.69, 9.17) is 5.73 Å². The number of rotatable bonds is 4. The first-order valence-electron chi connectivity index (χ1n) is 3.91. The van der Waals surface area contributed by atoms with Crippen molar-refractivity contribution in [3.05, 3.63) is 16.6 Å². The summed E-state index contributed by atoms with van der Waals surface area (Å²) in [4.78, 5) is 15.9. The Morgan fingerprint density at radius 2 is 2.58 bits per heavy atom. The molecule has 0 spiro atoms. The molecule has 1 heterocycles. The molecule has 0 aliphatic heterocycles. The number of hydrogen-bond acceptors (Lipinski definition) is 4. The van der Waals surface area contributed by atoms with Crippen LogP contribution in [0.4, 0.5) is 0 Å². The SMILES string of the molecule is CCC(N)CC(=O)c1cncs1. The third-order valence-electron chi connectivity index (χ3n) is 1.68. The van der Waals surface area contributed by atoms with Crippen LogP contribution in [0.25, 0.3) is 0 Å². The van der Waals surface area contributed by atoms with Gasteiger partial charge in [-0.05, 0) is 6.42 Å². The molecule has 1 rings (SSSR count). The quantitative estimate of drug-likeness (QED) is 0.720. The van der Waals surface area contributed by atoms with E-state index in [1.807, 2.05) is 6.92 Å². The summed E-state index contributed by atoms with van der Waals surface area (Å²) in [7, 11) is 0. The van der Waals surface area contributed by atoms with Gasteiger partial charge in [-0.25, -0.2) is 0 Å². The van der Waals surface area contributed by atoms with Gasteiger partial charge in [0.25, 0.3) is 0 Å². The molecular formula is C8H12N2OS. The van der Waals surface area contributed by atoms with Crippen molar-refractivity contribution in [3.63, 3.8) is 0 Å². The third-order valence-corrected chi connectivity index (χ3v) is 2.49. The van der Waals surface area contributed by atoms with E-state index in [1.165, 1.54) is 11.3 Å². The van der Waals surface area contributed by atoms with Crippen LogP contribution in [0, 0.1) is 0 Å². The van der Waals surface area contributed by atoms with Crippen LogP contribution in [-0.4, -0.2) is 16.8 Å². The standard InChI is InChI=1S/C8H12N2OS/c1-2-6(9)3-7(11)8-4-10-5-12-8/h4-6H,2-3,9H2,1H3. The number of thiazole rings is 1. The minimum atomic E-state index is -0.0143. The molecule has 1 unspecified atom stereocenters. The highest BCUT2D eigenvalue weighted by Crippen LogP contribution is 2.10. The van der Waals surface area contributed by atoms with Gasteiger partial charge in [-0.2, -0.15) is 0 Å². The second-order valence-corrected chi connectivity index (χ2v) is 3.55. The van der Waals surface area contributed by atoms with Crippen molar-refractivity contribution < 1.29 is 4.79 Å². The number of carbonyl (C=O) groups excluding carboxylic acids is 1. The molecule has 4 heteroatoms. The molecule has 0 aromatic carbocycles. The molecule has 0 saturated carbocycles.